The van der Waals surface area contributed by atoms with Crippen LogP contribution in [0, 0.1) is 5.82 Å². The zero-order valence-electron chi connectivity index (χ0n) is 7.19. The summed E-state index contributed by atoms with van der Waals surface area (Å²) in [4.78, 5) is 0. The van der Waals surface area contributed by atoms with Crippen LogP contribution < -0.4 is 5.32 Å². The minimum absolute atomic E-state index is 0.179. The van der Waals surface area contributed by atoms with Crippen LogP contribution in [0.25, 0.3) is 0 Å². The van der Waals surface area contributed by atoms with Gasteiger partial charge in [0.1, 0.15) is 5.82 Å². The van der Waals surface area contributed by atoms with E-state index >= 15 is 0 Å². The second-order valence-corrected chi connectivity index (χ2v) is 4.31. The maximum Gasteiger partial charge on any atom is 0.147 e. The standard InChI is InChI=1S/C10H11BrFN/c11-7-4-5-10(9(12)6-7)13-8-2-1-3-8/h4-6,8,13H,1-3H2. The second-order valence-electron chi connectivity index (χ2n) is 3.40. The first-order chi connectivity index (χ1) is 6.25. The maximum absolute atomic E-state index is 13.3. The van der Waals surface area contributed by atoms with Crippen molar-refractivity contribution in [3.63, 3.8) is 0 Å². The Morgan fingerprint density at radius 2 is 2.15 bits per heavy atom. The van der Waals surface area contributed by atoms with Crippen LogP contribution in [-0.2, 0) is 0 Å². The average Bonchev–Trinajstić information content (AvgIpc) is 1.99. The van der Waals surface area contributed by atoms with Gasteiger partial charge in [-0.25, -0.2) is 4.39 Å². The molecule has 0 bridgehead atoms. The van der Waals surface area contributed by atoms with E-state index in [-0.39, 0.29) is 5.82 Å². The topological polar surface area (TPSA) is 12.0 Å². The van der Waals surface area contributed by atoms with Crippen LogP contribution in [-0.4, -0.2) is 6.04 Å². The highest BCUT2D eigenvalue weighted by Gasteiger charge is 2.17. The van der Waals surface area contributed by atoms with Gasteiger partial charge in [0, 0.05) is 10.5 Å². The van der Waals surface area contributed by atoms with Gasteiger partial charge in [-0.1, -0.05) is 15.9 Å². The first-order valence-corrected chi connectivity index (χ1v) is 5.26. The van der Waals surface area contributed by atoms with E-state index in [1.165, 1.54) is 12.5 Å². The third kappa shape index (κ3) is 2.02. The second kappa shape index (κ2) is 3.66. The lowest BCUT2D eigenvalue weighted by atomic mass is 9.93. The first-order valence-electron chi connectivity index (χ1n) is 4.47. The van der Waals surface area contributed by atoms with Gasteiger partial charge in [0.15, 0.2) is 0 Å². The van der Waals surface area contributed by atoms with Gasteiger partial charge in [-0.05, 0) is 37.5 Å². The average molecular weight is 244 g/mol. The summed E-state index contributed by atoms with van der Waals surface area (Å²) in [5.41, 5.74) is 0.618. The summed E-state index contributed by atoms with van der Waals surface area (Å²) >= 11 is 3.23. The molecular formula is C10H11BrFN. The fourth-order valence-electron chi connectivity index (χ4n) is 1.38. The lowest BCUT2D eigenvalue weighted by molar-refractivity contribution is 0.443. The largest absolute Gasteiger partial charge is 0.380 e. The van der Waals surface area contributed by atoms with Crippen LogP contribution in [0.1, 0.15) is 19.3 Å². The van der Waals surface area contributed by atoms with Crippen LogP contribution in [0.5, 0.6) is 0 Å². The number of rotatable bonds is 2. The van der Waals surface area contributed by atoms with Crippen molar-refractivity contribution >= 4 is 21.6 Å². The Bertz CT molecular complexity index is 310. The predicted molar refractivity (Wildman–Crippen MR) is 55.4 cm³/mol. The van der Waals surface area contributed by atoms with Gasteiger partial charge in [0.25, 0.3) is 0 Å². The van der Waals surface area contributed by atoms with Gasteiger partial charge in [-0.15, -0.1) is 0 Å². The van der Waals surface area contributed by atoms with Gasteiger partial charge in [-0.3, -0.25) is 0 Å². The van der Waals surface area contributed by atoms with Crippen molar-refractivity contribution in [3.8, 4) is 0 Å². The Balaban J connectivity index is 2.10. The Labute approximate surface area is 85.5 Å². The fraction of sp³-hybridized carbons (Fsp3) is 0.400. The molecule has 2 rings (SSSR count). The van der Waals surface area contributed by atoms with Gasteiger partial charge in [-0.2, -0.15) is 0 Å². The van der Waals surface area contributed by atoms with Crippen LogP contribution in [0.15, 0.2) is 22.7 Å². The summed E-state index contributed by atoms with van der Waals surface area (Å²) in [5.74, 6) is -0.179. The van der Waals surface area contributed by atoms with E-state index in [4.69, 9.17) is 0 Å². The lowest BCUT2D eigenvalue weighted by Gasteiger charge is -2.27. The molecule has 1 N–H and O–H groups in total. The van der Waals surface area contributed by atoms with E-state index in [1.54, 1.807) is 6.07 Å². The number of benzene rings is 1. The van der Waals surface area contributed by atoms with Gasteiger partial charge in [0.2, 0.25) is 0 Å². The predicted octanol–water partition coefficient (Wildman–Crippen LogP) is 3.55. The highest BCUT2D eigenvalue weighted by Crippen LogP contribution is 2.26. The Morgan fingerprint density at radius 3 is 2.69 bits per heavy atom. The smallest absolute Gasteiger partial charge is 0.147 e. The fourth-order valence-corrected chi connectivity index (χ4v) is 1.71. The van der Waals surface area contributed by atoms with Crippen molar-refractivity contribution in [1.29, 1.82) is 0 Å². The van der Waals surface area contributed by atoms with Crippen molar-refractivity contribution in [1.82, 2.24) is 0 Å². The zero-order chi connectivity index (χ0) is 9.26. The van der Waals surface area contributed by atoms with Crippen LogP contribution in [0.2, 0.25) is 0 Å². The molecule has 1 aromatic carbocycles. The minimum Gasteiger partial charge on any atom is -0.380 e. The van der Waals surface area contributed by atoms with Gasteiger partial charge < -0.3 is 5.32 Å². The summed E-state index contributed by atoms with van der Waals surface area (Å²) in [7, 11) is 0. The van der Waals surface area contributed by atoms with Crippen molar-refractivity contribution in [3.05, 3.63) is 28.5 Å². The molecule has 70 valence electrons. The summed E-state index contributed by atoms with van der Waals surface area (Å²) in [6, 6.07) is 5.60. The minimum atomic E-state index is -0.179. The molecule has 1 aromatic rings. The molecule has 0 spiro atoms. The number of hydrogen-bond donors (Lipinski definition) is 1. The highest BCUT2D eigenvalue weighted by molar-refractivity contribution is 9.10. The summed E-state index contributed by atoms with van der Waals surface area (Å²) in [6.45, 7) is 0. The molecule has 1 nitrogen and oxygen atoms in total. The van der Waals surface area contributed by atoms with Crippen molar-refractivity contribution in [2.75, 3.05) is 5.32 Å². The molecule has 0 saturated heterocycles. The Morgan fingerprint density at radius 1 is 1.38 bits per heavy atom. The normalized spacial score (nSPS) is 16.8. The van der Waals surface area contributed by atoms with Crippen molar-refractivity contribution < 1.29 is 4.39 Å². The molecule has 1 aliphatic carbocycles. The SMILES string of the molecule is Fc1cc(Br)ccc1NC1CCC1. The lowest BCUT2D eigenvalue weighted by Crippen LogP contribution is -2.27. The molecule has 1 fully saturated rings. The number of hydrogen-bond acceptors (Lipinski definition) is 1. The number of halogens is 2. The molecule has 1 aliphatic rings. The Hall–Kier alpha value is -0.570. The van der Waals surface area contributed by atoms with E-state index in [1.807, 2.05) is 6.07 Å². The van der Waals surface area contributed by atoms with E-state index in [0.717, 1.165) is 17.3 Å². The maximum atomic E-state index is 13.3. The van der Waals surface area contributed by atoms with E-state index in [0.29, 0.717) is 11.7 Å². The van der Waals surface area contributed by atoms with Crippen LogP contribution in [0.4, 0.5) is 10.1 Å². The molecule has 0 radical (unpaired) electrons. The van der Waals surface area contributed by atoms with Gasteiger partial charge in [0.05, 0.1) is 5.69 Å². The van der Waals surface area contributed by atoms with Crippen LogP contribution >= 0.6 is 15.9 Å². The van der Waals surface area contributed by atoms with Crippen molar-refractivity contribution in [2.45, 2.75) is 25.3 Å². The zero-order valence-corrected chi connectivity index (χ0v) is 8.77. The summed E-state index contributed by atoms with van der Waals surface area (Å²) in [5, 5.41) is 3.18. The molecule has 13 heavy (non-hydrogen) atoms. The third-order valence-electron chi connectivity index (χ3n) is 2.40. The molecule has 0 aliphatic heterocycles. The molecule has 0 aromatic heterocycles. The molecule has 0 unspecified atom stereocenters. The van der Waals surface area contributed by atoms with Crippen LogP contribution in [0.3, 0.4) is 0 Å². The van der Waals surface area contributed by atoms with E-state index < -0.39 is 0 Å². The molecule has 0 amide bonds. The molecule has 0 heterocycles. The Kier molecular flexibility index (Phi) is 2.54. The molecule has 0 atom stereocenters. The van der Waals surface area contributed by atoms with Gasteiger partial charge >= 0.3 is 0 Å². The third-order valence-corrected chi connectivity index (χ3v) is 2.89. The molecule has 1 saturated carbocycles. The number of anilines is 1. The summed E-state index contributed by atoms with van der Waals surface area (Å²) < 4.78 is 14.1. The summed E-state index contributed by atoms with van der Waals surface area (Å²) in [6.07, 6.45) is 3.58. The van der Waals surface area contributed by atoms with E-state index in [2.05, 4.69) is 21.2 Å². The van der Waals surface area contributed by atoms with Crippen molar-refractivity contribution in [2.24, 2.45) is 0 Å². The monoisotopic (exact) mass is 243 g/mol. The number of nitrogens with one attached hydrogen (secondary N) is 1. The highest BCUT2D eigenvalue weighted by atomic mass is 79.9. The first kappa shape index (κ1) is 9.00. The molecule has 3 heteroatoms. The quantitative estimate of drug-likeness (QED) is 0.838. The molecular weight excluding hydrogens is 233 g/mol. The van der Waals surface area contributed by atoms with E-state index in [9.17, 15) is 4.39 Å².